The van der Waals surface area contributed by atoms with Crippen LogP contribution < -0.4 is 0 Å². The van der Waals surface area contributed by atoms with Crippen LogP contribution in [0.1, 0.15) is 16.7 Å². The highest BCUT2D eigenvalue weighted by atomic mass is 35.7. The van der Waals surface area contributed by atoms with E-state index in [0.717, 1.165) is 19.1 Å². The maximum absolute atomic E-state index is 12.6. The second-order valence-electron chi connectivity index (χ2n) is 3.37. The molecule has 0 aliphatic heterocycles. The van der Waals surface area contributed by atoms with Crippen LogP contribution in [-0.2, 0) is 15.2 Å². The summed E-state index contributed by atoms with van der Waals surface area (Å²) in [5, 5.41) is 0. The number of benzene rings is 1. The highest BCUT2D eigenvalue weighted by Crippen LogP contribution is 2.35. The first-order valence-electron chi connectivity index (χ1n) is 4.16. The van der Waals surface area contributed by atoms with Crippen LogP contribution in [0.2, 0.25) is 0 Å². The molecule has 1 rings (SSSR count). The molecule has 1 aromatic carbocycles. The fourth-order valence-corrected chi connectivity index (χ4v) is 2.66. The van der Waals surface area contributed by atoms with E-state index in [1.807, 2.05) is 0 Å². The molecule has 0 spiro atoms. The molecule has 0 aromatic heterocycles. The Morgan fingerprint density at radius 2 is 1.69 bits per heavy atom. The third-order valence-corrected chi connectivity index (χ3v) is 3.52. The van der Waals surface area contributed by atoms with Crippen LogP contribution in [0.3, 0.4) is 0 Å². The molecule has 0 amide bonds. The lowest BCUT2D eigenvalue weighted by Crippen LogP contribution is -2.10. The summed E-state index contributed by atoms with van der Waals surface area (Å²) in [6.07, 6.45) is -4.59. The standard InChI is InChI=1S/C9H8ClF3O2S/c1-5-3-7(9(11,12)13)6(2)8(4-5)16(10,14)15/h3-4H,1-2H3. The zero-order valence-corrected chi connectivity index (χ0v) is 9.96. The van der Waals surface area contributed by atoms with Crippen molar-refractivity contribution in [3.05, 3.63) is 28.8 Å². The molecule has 0 N–H and O–H groups in total. The zero-order valence-electron chi connectivity index (χ0n) is 8.39. The van der Waals surface area contributed by atoms with E-state index in [2.05, 4.69) is 0 Å². The predicted octanol–water partition coefficient (Wildman–Crippen LogP) is 3.25. The fourth-order valence-electron chi connectivity index (χ4n) is 1.37. The minimum Gasteiger partial charge on any atom is -0.207 e. The molecule has 0 heterocycles. The first-order valence-corrected chi connectivity index (χ1v) is 6.47. The molecule has 16 heavy (non-hydrogen) atoms. The van der Waals surface area contributed by atoms with Crippen molar-refractivity contribution in [1.82, 2.24) is 0 Å². The third kappa shape index (κ3) is 2.68. The molecule has 0 atom stereocenters. The van der Waals surface area contributed by atoms with Crippen molar-refractivity contribution in [2.24, 2.45) is 0 Å². The van der Waals surface area contributed by atoms with Gasteiger partial charge in [-0.05, 0) is 37.1 Å². The van der Waals surface area contributed by atoms with E-state index in [9.17, 15) is 21.6 Å². The smallest absolute Gasteiger partial charge is 0.207 e. The van der Waals surface area contributed by atoms with Crippen LogP contribution >= 0.6 is 10.7 Å². The van der Waals surface area contributed by atoms with Crippen molar-refractivity contribution in [1.29, 1.82) is 0 Å². The molecule has 1 aromatic rings. The number of hydrogen-bond acceptors (Lipinski definition) is 2. The molecule has 0 fully saturated rings. The predicted molar refractivity (Wildman–Crippen MR) is 54.0 cm³/mol. The Morgan fingerprint density at radius 3 is 2.06 bits per heavy atom. The summed E-state index contributed by atoms with van der Waals surface area (Å²) in [6.45, 7) is 2.46. The van der Waals surface area contributed by atoms with Gasteiger partial charge in [-0.3, -0.25) is 0 Å². The summed E-state index contributed by atoms with van der Waals surface area (Å²) in [5.41, 5.74) is -1.17. The quantitative estimate of drug-likeness (QED) is 0.736. The van der Waals surface area contributed by atoms with Gasteiger partial charge in [-0.25, -0.2) is 8.42 Å². The molecule has 0 bridgehead atoms. The zero-order chi connectivity index (χ0) is 12.7. The molecule has 7 heteroatoms. The second-order valence-corrected chi connectivity index (χ2v) is 5.91. The average molecular weight is 273 g/mol. The molecule has 0 saturated carbocycles. The monoisotopic (exact) mass is 272 g/mol. The first-order chi connectivity index (χ1) is 7.03. The van der Waals surface area contributed by atoms with Crippen molar-refractivity contribution in [2.75, 3.05) is 0 Å². The Balaban J connectivity index is 3.64. The van der Waals surface area contributed by atoms with Crippen LogP contribution in [0, 0.1) is 13.8 Å². The van der Waals surface area contributed by atoms with E-state index < -0.39 is 25.7 Å². The number of rotatable bonds is 1. The van der Waals surface area contributed by atoms with Gasteiger partial charge in [-0.2, -0.15) is 13.2 Å². The van der Waals surface area contributed by atoms with E-state index in [-0.39, 0.29) is 11.1 Å². The average Bonchev–Trinajstić information content (AvgIpc) is 2.04. The molecule has 0 saturated heterocycles. The highest BCUT2D eigenvalue weighted by Gasteiger charge is 2.34. The van der Waals surface area contributed by atoms with Crippen LogP contribution in [0.4, 0.5) is 13.2 Å². The van der Waals surface area contributed by atoms with Crippen molar-refractivity contribution >= 4 is 19.7 Å². The summed E-state index contributed by atoms with van der Waals surface area (Å²) >= 11 is 0. The van der Waals surface area contributed by atoms with Gasteiger partial charge in [-0.15, -0.1) is 0 Å². The third-order valence-electron chi connectivity index (χ3n) is 2.07. The van der Waals surface area contributed by atoms with E-state index in [4.69, 9.17) is 10.7 Å². The van der Waals surface area contributed by atoms with Gasteiger partial charge in [0.25, 0.3) is 9.05 Å². The van der Waals surface area contributed by atoms with Crippen LogP contribution in [0.5, 0.6) is 0 Å². The van der Waals surface area contributed by atoms with Crippen LogP contribution in [0.25, 0.3) is 0 Å². The van der Waals surface area contributed by atoms with E-state index in [1.54, 1.807) is 0 Å². The van der Waals surface area contributed by atoms with Crippen molar-refractivity contribution in [3.63, 3.8) is 0 Å². The lowest BCUT2D eigenvalue weighted by atomic mass is 10.1. The minimum absolute atomic E-state index is 0.192. The number of halogens is 4. The van der Waals surface area contributed by atoms with E-state index in [1.165, 1.54) is 6.92 Å². The normalized spacial score (nSPS) is 12.9. The summed E-state index contributed by atoms with van der Waals surface area (Å²) in [7, 11) is 0.896. The highest BCUT2D eigenvalue weighted by molar-refractivity contribution is 8.13. The topological polar surface area (TPSA) is 34.1 Å². The summed E-state index contributed by atoms with van der Waals surface area (Å²) in [5.74, 6) is 0. The van der Waals surface area contributed by atoms with Gasteiger partial charge >= 0.3 is 6.18 Å². The van der Waals surface area contributed by atoms with Gasteiger partial charge < -0.3 is 0 Å². The summed E-state index contributed by atoms with van der Waals surface area (Å²) in [6, 6.07) is 2.01. The fraction of sp³-hybridized carbons (Fsp3) is 0.333. The molecule has 0 aliphatic rings. The van der Waals surface area contributed by atoms with Gasteiger partial charge in [0.1, 0.15) is 0 Å². The van der Waals surface area contributed by atoms with Crippen molar-refractivity contribution in [3.8, 4) is 0 Å². The number of aryl methyl sites for hydroxylation is 1. The molecular weight excluding hydrogens is 265 g/mol. The van der Waals surface area contributed by atoms with Crippen molar-refractivity contribution < 1.29 is 21.6 Å². The largest absolute Gasteiger partial charge is 0.416 e. The Morgan fingerprint density at radius 1 is 1.19 bits per heavy atom. The summed E-state index contributed by atoms with van der Waals surface area (Å²) in [4.78, 5) is -0.499. The van der Waals surface area contributed by atoms with Gasteiger partial charge in [0.05, 0.1) is 10.5 Å². The molecule has 0 aliphatic carbocycles. The summed E-state index contributed by atoms with van der Waals surface area (Å²) < 4.78 is 59.8. The lowest BCUT2D eigenvalue weighted by molar-refractivity contribution is -0.138. The number of alkyl halides is 3. The van der Waals surface area contributed by atoms with Crippen molar-refractivity contribution in [2.45, 2.75) is 24.9 Å². The Bertz CT molecular complexity index is 520. The van der Waals surface area contributed by atoms with Gasteiger partial charge in [-0.1, -0.05) is 0 Å². The maximum Gasteiger partial charge on any atom is 0.416 e. The lowest BCUT2D eigenvalue weighted by Gasteiger charge is -2.13. The maximum atomic E-state index is 12.6. The van der Waals surface area contributed by atoms with Gasteiger partial charge in [0.2, 0.25) is 0 Å². The number of hydrogen-bond donors (Lipinski definition) is 0. The molecule has 0 radical (unpaired) electrons. The molecule has 2 nitrogen and oxygen atoms in total. The second kappa shape index (κ2) is 3.92. The Kier molecular flexibility index (Phi) is 3.27. The Labute approximate surface area is 95.5 Å². The first kappa shape index (κ1) is 13.3. The minimum atomic E-state index is -4.59. The van der Waals surface area contributed by atoms with E-state index >= 15 is 0 Å². The van der Waals surface area contributed by atoms with Gasteiger partial charge in [0, 0.05) is 10.7 Å². The van der Waals surface area contributed by atoms with Crippen LogP contribution in [0.15, 0.2) is 17.0 Å². The Hall–Kier alpha value is -0.750. The van der Waals surface area contributed by atoms with Gasteiger partial charge in [0.15, 0.2) is 0 Å². The van der Waals surface area contributed by atoms with E-state index in [0.29, 0.717) is 0 Å². The SMILES string of the molecule is Cc1cc(C(F)(F)F)c(C)c(S(=O)(=O)Cl)c1. The molecule has 0 unspecified atom stereocenters. The van der Waals surface area contributed by atoms with Crippen LogP contribution in [-0.4, -0.2) is 8.42 Å². The molecule has 90 valence electrons. The molecular formula is C9H8ClF3O2S.